The van der Waals surface area contributed by atoms with E-state index in [4.69, 9.17) is 24.1 Å². The molecule has 2 aromatic carbocycles. The molecule has 0 heterocycles. The fourth-order valence-corrected chi connectivity index (χ4v) is 2.49. The summed E-state index contributed by atoms with van der Waals surface area (Å²) in [6.07, 6.45) is 0.534. The Balaban J connectivity index is 1.92. The largest absolute Gasteiger partial charge is 0.490 e. The van der Waals surface area contributed by atoms with Crippen molar-refractivity contribution in [3.05, 3.63) is 48.0 Å². The lowest BCUT2D eigenvalue weighted by molar-refractivity contribution is -0.136. The van der Waals surface area contributed by atoms with Crippen LogP contribution in [-0.4, -0.2) is 37.5 Å². The molecular weight excluding hydrogens is 348 g/mol. The molecular formula is C21H26O6. The second kappa shape index (κ2) is 11.0. The predicted octanol–water partition coefficient (Wildman–Crippen LogP) is 3.96. The first kappa shape index (κ1) is 20.4. The van der Waals surface area contributed by atoms with E-state index in [2.05, 4.69) is 0 Å². The number of hydrogen-bond acceptors (Lipinski definition) is 5. The second-order valence-electron chi connectivity index (χ2n) is 5.68. The Hall–Kier alpha value is -2.89. The van der Waals surface area contributed by atoms with Crippen LogP contribution in [0.5, 0.6) is 23.0 Å². The lowest BCUT2D eigenvalue weighted by atomic mass is 10.1. The van der Waals surface area contributed by atoms with Crippen LogP contribution in [0.25, 0.3) is 0 Å². The van der Waals surface area contributed by atoms with Gasteiger partial charge in [-0.2, -0.15) is 0 Å². The summed E-state index contributed by atoms with van der Waals surface area (Å²) in [6, 6.07) is 13.0. The molecule has 0 saturated carbocycles. The minimum atomic E-state index is -0.822. The number of carboxylic acids is 1. The van der Waals surface area contributed by atoms with Crippen molar-refractivity contribution < 1.29 is 28.8 Å². The molecule has 6 heteroatoms. The molecule has 2 aromatic rings. The van der Waals surface area contributed by atoms with Gasteiger partial charge in [-0.05, 0) is 50.1 Å². The number of carboxylic acid groups (broad SMARTS) is 1. The summed E-state index contributed by atoms with van der Waals surface area (Å²) in [5.74, 6) is 1.78. The third kappa shape index (κ3) is 6.73. The van der Waals surface area contributed by atoms with Crippen LogP contribution in [0.15, 0.2) is 42.5 Å². The normalized spacial score (nSPS) is 10.3. The van der Waals surface area contributed by atoms with Gasteiger partial charge in [-0.3, -0.25) is 4.79 Å². The van der Waals surface area contributed by atoms with E-state index in [1.807, 2.05) is 50.2 Å². The molecule has 27 heavy (non-hydrogen) atoms. The zero-order chi connectivity index (χ0) is 19.5. The highest BCUT2D eigenvalue weighted by molar-refractivity contribution is 5.67. The smallest absolute Gasteiger partial charge is 0.303 e. The van der Waals surface area contributed by atoms with Crippen molar-refractivity contribution in [2.24, 2.45) is 0 Å². The van der Waals surface area contributed by atoms with Crippen LogP contribution in [-0.2, 0) is 11.2 Å². The van der Waals surface area contributed by atoms with Crippen LogP contribution in [0, 0.1) is 0 Å². The predicted molar refractivity (Wildman–Crippen MR) is 102 cm³/mol. The van der Waals surface area contributed by atoms with Gasteiger partial charge in [-0.15, -0.1) is 0 Å². The molecule has 0 fully saturated rings. The maximum atomic E-state index is 10.7. The van der Waals surface area contributed by atoms with E-state index in [0.29, 0.717) is 55.8 Å². The summed E-state index contributed by atoms with van der Waals surface area (Å²) in [6.45, 7) is 5.59. The van der Waals surface area contributed by atoms with Gasteiger partial charge in [0.15, 0.2) is 23.0 Å². The summed E-state index contributed by atoms with van der Waals surface area (Å²) < 4.78 is 22.7. The topological polar surface area (TPSA) is 74.2 Å². The molecule has 2 rings (SSSR count). The number of carbonyl (C=O) groups is 1. The Labute approximate surface area is 159 Å². The van der Waals surface area contributed by atoms with Crippen LogP contribution in [0.2, 0.25) is 0 Å². The Kier molecular flexibility index (Phi) is 8.29. The van der Waals surface area contributed by atoms with Crippen LogP contribution in [0.4, 0.5) is 0 Å². The van der Waals surface area contributed by atoms with E-state index < -0.39 is 5.97 Å². The van der Waals surface area contributed by atoms with E-state index in [1.54, 1.807) is 6.07 Å². The average Bonchev–Trinajstić information content (AvgIpc) is 2.66. The van der Waals surface area contributed by atoms with Gasteiger partial charge in [0.05, 0.1) is 13.2 Å². The molecule has 0 aromatic heterocycles. The molecule has 0 radical (unpaired) electrons. The van der Waals surface area contributed by atoms with Gasteiger partial charge in [0.25, 0.3) is 0 Å². The van der Waals surface area contributed by atoms with Gasteiger partial charge in [0.1, 0.15) is 13.2 Å². The summed E-state index contributed by atoms with van der Waals surface area (Å²) >= 11 is 0. The molecule has 0 aliphatic rings. The number of ether oxygens (including phenoxy) is 4. The van der Waals surface area contributed by atoms with E-state index in [0.717, 1.165) is 5.56 Å². The highest BCUT2D eigenvalue weighted by Gasteiger charge is 2.09. The average molecular weight is 374 g/mol. The first-order chi connectivity index (χ1) is 13.1. The fraction of sp³-hybridized carbons (Fsp3) is 0.381. The van der Waals surface area contributed by atoms with Crippen molar-refractivity contribution in [2.75, 3.05) is 26.4 Å². The zero-order valence-corrected chi connectivity index (χ0v) is 15.8. The van der Waals surface area contributed by atoms with Crippen LogP contribution < -0.4 is 18.9 Å². The van der Waals surface area contributed by atoms with Crippen LogP contribution >= 0.6 is 0 Å². The molecule has 0 bridgehead atoms. The van der Waals surface area contributed by atoms with Crippen molar-refractivity contribution in [1.82, 2.24) is 0 Å². The van der Waals surface area contributed by atoms with Gasteiger partial charge < -0.3 is 24.1 Å². The highest BCUT2D eigenvalue weighted by atomic mass is 16.6. The first-order valence-electron chi connectivity index (χ1n) is 9.09. The van der Waals surface area contributed by atoms with E-state index in [9.17, 15) is 4.79 Å². The van der Waals surface area contributed by atoms with E-state index >= 15 is 0 Å². The molecule has 1 N–H and O–H groups in total. The Bertz CT molecular complexity index is 728. The van der Waals surface area contributed by atoms with Gasteiger partial charge in [0, 0.05) is 6.42 Å². The molecule has 6 nitrogen and oxygen atoms in total. The molecule has 0 unspecified atom stereocenters. The molecule has 146 valence electrons. The zero-order valence-electron chi connectivity index (χ0n) is 15.8. The minimum absolute atomic E-state index is 0.0822. The Morgan fingerprint density at radius 3 is 1.96 bits per heavy atom. The maximum absolute atomic E-state index is 10.7. The minimum Gasteiger partial charge on any atom is -0.490 e. The number of benzene rings is 2. The second-order valence-corrected chi connectivity index (χ2v) is 5.68. The van der Waals surface area contributed by atoms with Crippen molar-refractivity contribution in [1.29, 1.82) is 0 Å². The molecule has 0 amide bonds. The highest BCUT2D eigenvalue weighted by Crippen LogP contribution is 2.29. The van der Waals surface area contributed by atoms with Gasteiger partial charge in [0.2, 0.25) is 0 Å². The first-order valence-corrected chi connectivity index (χ1v) is 9.09. The lowest BCUT2D eigenvalue weighted by Gasteiger charge is -2.15. The molecule has 0 aliphatic heterocycles. The Morgan fingerprint density at radius 2 is 1.37 bits per heavy atom. The SMILES string of the molecule is CCOc1ccccc1OCCOc1ccc(CCC(=O)O)cc1OCC. The van der Waals surface area contributed by atoms with Crippen molar-refractivity contribution >= 4 is 5.97 Å². The summed E-state index contributed by atoms with van der Waals surface area (Å²) in [4.78, 5) is 10.7. The molecule has 0 aliphatic carbocycles. The number of rotatable bonds is 12. The van der Waals surface area contributed by atoms with E-state index in [1.165, 1.54) is 0 Å². The van der Waals surface area contributed by atoms with Crippen molar-refractivity contribution in [3.63, 3.8) is 0 Å². The van der Waals surface area contributed by atoms with Gasteiger partial charge in [-0.25, -0.2) is 0 Å². The summed E-state index contributed by atoms with van der Waals surface area (Å²) in [7, 11) is 0. The molecule has 0 saturated heterocycles. The van der Waals surface area contributed by atoms with Gasteiger partial charge in [-0.1, -0.05) is 18.2 Å². The lowest BCUT2D eigenvalue weighted by Crippen LogP contribution is -2.10. The van der Waals surface area contributed by atoms with Crippen molar-refractivity contribution in [2.45, 2.75) is 26.7 Å². The third-order valence-electron chi connectivity index (χ3n) is 3.68. The molecule has 0 spiro atoms. The molecule has 0 atom stereocenters. The van der Waals surface area contributed by atoms with Gasteiger partial charge >= 0.3 is 5.97 Å². The van der Waals surface area contributed by atoms with Crippen LogP contribution in [0.3, 0.4) is 0 Å². The monoisotopic (exact) mass is 374 g/mol. The Morgan fingerprint density at radius 1 is 0.815 bits per heavy atom. The van der Waals surface area contributed by atoms with Crippen LogP contribution in [0.1, 0.15) is 25.8 Å². The third-order valence-corrected chi connectivity index (χ3v) is 3.68. The van der Waals surface area contributed by atoms with Crippen molar-refractivity contribution in [3.8, 4) is 23.0 Å². The maximum Gasteiger partial charge on any atom is 0.303 e. The number of aryl methyl sites for hydroxylation is 1. The number of para-hydroxylation sites is 2. The standard InChI is InChI=1S/C21H26O6/c1-3-24-17-7-5-6-8-18(17)26-13-14-27-19-11-9-16(10-12-21(22)23)15-20(19)25-4-2/h5-9,11,15H,3-4,10,12-14H2,1-2H3,(H,22,23). The van der Waals surface area contributed by atoms with E-state index in [-0.39, 0.29) is 6.42 Å². The number of hydrogen-bond donors (Lipinski definition) is 1. The number of aliphatic carboxylic acids is 1. The quantitative estimate of drug-likeness (QED) is 0.567. The summed E-state index contributed by atoms with van der Waals surface area (Å²) in [5.41, 5.74) is 0.898. The summed E-state index contributed by atoms with van der Waals surface area (Å²) in [5, 5.41) is 8.81. The fourth-order valence-electron chi connectivity index (χ4n) is 2.49.